The van der Waals surface area contributed by atoms with E-state index in [-0.39, 0.29) is 5.92 Å². The molecule has 1 aromatic carbocycles. The number of rotatable bonds is 3. The Morgan fingerprint density at radius 1 is 1.53 bits per heavy atom. The lowest BCUT2D eigenvalue weighted by Crippen LogP contribution is -2.24. The molecule has 0 saturated carbocycles. The fraction of sp³-hybridized carbons (Fsp3) is 0.538. The Bertz CT molecular complexity index is 375. The van der Waals surface area contributed by atoms with Crippen LogP contribution in [0.3, 0.4) is 0 Å². The van der Waals surface area contributed by atoms with Gasteiger partial charge >= 0.3 is 0 Å². The lowest BCUT2D eigenvalue weighted by molar-refractivity contribution is -0.0107. The fourth-order valence-corrected chi connectivity index (χ4v) is 2.39. The van der Waals surface area contributed by atoms with Crippen LogP contribution in [0.25, 0.3) is 0 Å². The van der Waals surface area contributed by atoms with Crippen LogP contribution in [0.2, 0.25) is 5.02 Å². The summed E-state index contributed by atoms with van der Waals surface area (Å²) in [6.07, 6.45) is 1.38. The van der Waals surface area contributed by atoms with E-state index in [1.807, 2.05) is 0 Å². The van der Waals surface area contributed by atoms with Crippen molar-refractivity contribution >= 4 is 11.6 Å². The van der Waals surface area contributed by atoms with Crippen molar-refractivity contribution in [1.82, 2.24) is 0 Å². The van der Waals surface area contributed by atoms with Gasteiger partial charge in [0.15, 0.2) is 0 Å². The van der Waals surface area contributed by atoms with Gasteiger partial charge in [-0.3, -0.25) is 0 Å². The normalized spacial score (nSPS) is 22.2. The van der Waals surface area contributed by atoms with E-state index in [1.54, 1.807) is 25.3 Å². The third-order valence-corrected chi connectivity index (χ3v) is 3.39. The molecule has 94 valence electrons. The topological polar surface area (TPSA) is 38.7 Å². The minimum absolute atomic E-state index is 0.121. The van der Waals surface area contributed by atoms with Crippen molar-refractivity contribution in [2.75, 3.05) is 20.3 Å². The van der Waals surface area contributed by atoms with Crippen molar-refractivity contribution in [3.8, 4) is 5.75 Å². The van der Waals surface area contributed by atoms with E-state index in [2.05, 4.69) is 0 Å². The summed E-state index contributed by atoms with van der Waals surface area (Å²) in [5.74, 6) is 0.795. The van der Waals surface area contributed by atoms with Crippen molar-refractivity contribution in [3.05, 3.63) is 28.8 Å². The van der Waals surface area contributed by atoms with Crippen LogP contribution in [-0.4, -0.2) is 25.4 Å². The molecule has 1 heterocycles. The summed E-state index contributed by atoms with van der Waals surface area (Å²) in [4.78, 5) is 0. The molecule has 4 heteroatoms. The highest BCUT2D eigenvalue weighted by Gasteiger charge is 2.26. The molecule has 0 radical (unpaired) electrons. The standard InChI is InChI=1S/C13H17ClO3/c1-16-12-5-4-10(14)7-11(12)13(15)9-3-2-6-17-8-9/h4-5,7,9,13,15H,2-3,6,8H2,1H3. The minimum Gasteiger partial charge on any atom is -0.496 e. The van der Waals surface area contributed by atoms with Gasteiger partial charge < -0.3 is 14.6 Å². The molecule has 2 unspecified atom stereocenters. The molecule has 2 atom stereocenters. The van der Waals surface area contributed by atoms with E-state index in [9.17, 15) is 5.11 Å². The SMILES string of the molecule is COc1ccc(Cl)cc1C(O)C1CCCOC1. The lowest BCUT2D eigenvalue weighted by Gasteiger charge is -2.27. The van der Waals surface area contributed by atoms with E-state index in [0.717, 1.165) is 25.0 Å². The third kappa shape index (κ3) is 2.92. The van der Waals surface area contributed by atoms with Crippen LogP contribution in [0, 0.1) is 5.92 Å². The zero-order valence-electron chi connectivity index (χ0n) is 9.86. The molecule has 1 aliphatic rings. The maximum Gasteiger partial charge on any atom is 0.124 e. The van der Waals surface area contributed by atoms with Gasteiger partial charge in [-0.1, -0.05) is 11.6 Å². The molecular weight excluding hydrogens is 240 g/mol. The third-order valence-electron chi connectivity index (χ3n) is 3.15. The first-order valence-corrected chi connectivity index (χ1v) is 6.19. The van der Waals surface area contributed by atoms with Gasteiger partial charge in [0.1, 0.15) is 5.75 Å². The van der Waals surface area contributed by atoms with Crippen LogP contribution < -0.4 is 4.74 Å². The second kappa shape index (κ2) is 5.71. The van der Waals surface area contributed by atoms with Gasteiger partial charge in [0.2, 0.25) is 0 Å². The van der Waals surface area contributed by atoms with E-state index >= 15 is 0 Å². The minimum atomic E-state index is -0.580. The Hall–Kier alpha value is -0.770. The summed E-state index contributed by atoms with van der Waals surface area (Å²) < 4.78 is 10.6. The Labute approximate surface area is 106 Å². The van der Waals surface area contributed by atoms with Crippen molar-refractivity contribution < 1.29 is 14.6 Å². The highest BCUT2D eigenvalue weighted by Crippen LogP contribution is 2.35. The molecule has 1 aromatic rings. The monoisotopic (exact) mass is 256 g/mol. The van der Waals surface area contributed by atoms with Crippen LogP contribution in [0.5, 0.6) is 5.75 Å². The van der Waals surface area contributed by atoms with E-state index in [0.29, 0.717) is 17.4 Å². The van der Waals surface area contributed by atoms with E-state index in [1.165, 1.54) is 0 Å². The summed E-state index contributed by atoms with van der Waals surface area (Å²) in [7, 11) is 1.59. The lowest BCUT2D eigenvalue weighted by atomic mass is 9.90. The Morgan fingerprint density at radius 2 is 2.35 bits per heavy atom. The fourth-order valence-electron chi connectivity index (χ4n) is 2.20. The predicted octanol–water partition coefficient (Wildman–Crippen LogP) is 2.81. The van der Waals surface area contributed by atoms with Crippen LogP contribution >= 0.6 is 11.6 Å². The average molecular weight is 257 g/mol. The van der Waals surface area contributed by atoms with Gasteiger partial charge in [-0.15, -0.1) is 0 Å². The molecule has 0 aliphatic carbocycles. The molecule has 0 amide bonds. The van der Waals surface area contributed by atoms with Crippen LogP contribution in [-0.2, 0) is 4.74 Å². The number of benzene rings is 1. The molecule has 1 fully saturated rings. The number of hydrogen-bond donors (Lipinski definition) is 1. The molecule has 0 bridgehead atoms. The Morgan fingerprint density at radius 3 is 3.00 bits per heavy atom. The summed E-state index contributed by atoms with van der Waals surface area (Å²) in [5, 5.41) is 11.0. The first kappa shape index (κ1) is 12.7. The molecule has 0 aromatic heterocycles. The number of hydrogen-bond acceptors (Lipinski definition) is 3. The maximum atomic E-state index is 10.4. The van der Waals surface area contributed by atoms with Crippen molar-refractivity contribution in [2.24, 2.45) is 5.92 Å². The summed E-state index contributed by atoms with van der Waals surface area (Å²) >= 11 is 5.96. The Balaban J connectivity index is 2.21. The van der Waals surface area contributed by atoms with Crippen molar-refractivity contribution in [3.63, 3.8) is 0 Å². The number of ether oxygens (including phenoxy) is 2. The van der Waals surface area contributed by atoms with E-state index in [4.69, 9.17) is 21.1 Å². The largest absolute Gasteiger partial charge is 0.496 e. The van der Waals surface area contributed by atoms with Crippen LogP contribution in [0.4, 0.5) is 0 Å². The highest BCUT2D eigenvalue weighted by molar-refractivity contribution is 6.30. The Kier molecular flexibility index (Phi) is 4.26. The predicted molar refractivity (Wildman–Crippen MR) is 66.5 cm³/mol. The first-order valence-electron chi connectivity index (χ1n) is 5.81. The highest BCUT2D eigenvalue weighted by atomic mass is 35.5. The summed E-state index contributed by atoms with van der Waals surface area (Å²) in [6, 6.07) is 5.30. The molecule has 3 nitrogen and oxygen atoms in total. The second-order valence-corrected chi connectivity index (χ2v) is 4.74. The quantitative estimate of drug-likeness (QED) is 0.904. The zero-order valence-corrected chi connectivity index (χ0v) is 10.6. The van der Waals surface area contributed by atoms with Gasteiger partial charge in [-0.25, -0.2) is 0 Å². The van der Waals surface area contributed by atoms with Crippen LogP contribution in [0.15, 0.2) is 18.2 Å². The smallest absolute Gasteiger partial charge is 0.124 e. The van der Waals surface area contributed by atoms with Gasteiger partial charge in [0.05, 0.1) is 19.8 Å². The molecule has 17 heavy (non-hydrogen) atoms. The molecular formula is C13H17ClO3. The van der Waals surface area contributed by atoms with Crippen LogP contribution in [0.1, 0.15) is 24.5 Å². The van der Waals surface area contributed by atoms with Crippen molar-refractivity contribution in [1.29, 1.82) is 0 Å². The number of halogens is 1. The summed E-state index contributed by atoms with van der Waals surface area (Å²) in [6.45, 7) is 1.38. The molecule has 1 saturated heterocycles. The van der Waals surface area contributed by atoms with E-state index < -0.39 is 6.10 Å². The maximum absolute atomic E-state index is 10.4. The van der Waals surface area contributed by atoms with Gasteiger partial charge in [0, 0.05) is 23.1 Å². The molecule has 1 N–H and O–H groups in total. The number of aliphatic hydroxyl groups excluding tert-OH is 1. The summed E-state index contributed by atoms with van der Waals surface area (Å²) in [5.41, 5.74) is 0.746. The van der Waals surface area contributed by atoms with Gasteiger partial charge in [-0.05, 0) is 31.0 Å². The molecule has 2 rings (SSSR count). The first-order chi connectivity index (χ1) is 8.22. The average Bonchev–Trinajstić information content (AvgIpc) is 2.39. The van der Waals surface area contributed by atoms with Gasteiger partial charge in [0.25, 0.3) is 0 Å². The van der Waals surface area contributed by atoms with Crippen molar-refractivity contribution in [2.45, 2.75) is 18.9 Å². The zero-order chi connectivity index (χ0) is 12.3. The molecule has 0 spiro atoms. The number of methoxy groups -OCH3 is 1. The van der Waals surface area contributed by atoms with Gasteiger partial charge in [-0.2, -0.15) is 0 Å². The number of aliphatic hydroxyl groups is 1. The second-order valence-electron chi connectivity index (χ2n) is 4.31. The molecule has 1 aliphatic heterocycles.